The van der Waals surface area contributed by atoms with Crippen LogP contribution in [0.1, 0.15) is 0 Å². The molecule has 0 amide bonds. The third-order valence-corrected chi connectivity index (χ3v) is 1.68. The van der Waals surface area contributed by atoms with Gasteiger partial charge in [0.25, 0.3) is 0 Å². The molecule has 0 aromatic heterocycles. The van der Waals surface area contributed by atoms with E-state index < -0.39 is 11.4 Å². The van der Waals surface area contributed by atoms with Crippen molar-refractivity contribution in [3.63, 3.8) is 0 Å². The Morgan fingerprint density at radius 3 is 2.10 bits per heavy atom. The van der Waals surface area contributed by atoms with Crippen LogP contribution in [0.25, 0.3) is 0 Å². The lowest BCUT2D eigenvalue weighted by atomic mass is 9.83. The maximum absolute atomic E-state index is 10.3. The molecule has 0 aromatic rings. The Labute approximate surface area is 64.6 Å². The van der Waals surface area contributed by atoms with Crippen LogP contribution in [0.4, 0.5) is 0 Å². The molecule has 1 aliphatic rings. The lowest BCUT2D eigenvalue weighted by molar-refractivity contribution is -0.155. The van der Waals surface area contributed by atoms with Crippen LogP contribution in [0.2, 0.25) is 0 Å². The first kappa shape index (κ1) is 9.68. The third-order valence-electron chi connectivity index (χ3n) is 1.68. The van der Waals surface area contributed by atoms with Crippen LogP contribution in [0, 0.1) is 5.41 Å². The van der Waals surface area contributed by atoms with E-state index in [0.29, 0.717) is 13.1 Å². The Bertz CT molecular complexity index is 129. The highest BCUT2D eigenvalue weighted by molar-refractivity contribution is 5.85. The van der Waals surface area contributed by atoms with E-state index in [1.165, 1.54) is 0 Å². The molecule has 5 heteroatoms. The van der Waals surface area contributed by atoms with Crippen LogP contribution in [-0.2, 0) is 4.79 Å². The van der Waals surface area contributed by atoms with Crippen molar-refractivity contribution in [1.82, 2.24) is 5.32 Å². The lowest BCUT2D eigenvalue weighted by Gasteiger charge is -2.36. The molecule has 1 saturated heterocycles. The molecule has 3 N–H and O–H groups in total. The van der Waals surface area contributed by atoms with Crippen molar-refractivity contribution in [3.05, 3.63) is 0 Å². The first-order valence-corrected chi connectivity index (χ1v) is 2.76. The van der Waals surface area contributed by atoms with E-state index in [0.717, 1.165) is 0 Å². The summed E-state index contributed by atoms with van der Waals surface area (Å²) in [5.74, 6) is -0.913. The van der Waals surface area contributed by atoms with Gasteiger partial charge < -0.3 is 15.5 Å². The van der Waals surface area contributed by atoms with E-state index in [4.69, 9.17) is 10.2 Å². The molecule has 60 valence electrons. The number of aliphatic hydroxyl groups is 1. The summed E-state index contributed by atoms with van der Waals surface area (Å²) < 4.78 is 0. The zero-order valence-corrected chi connectivity index (χ0v) is 6.15. The fourth-order valence-electron chi connectivity index (χ4n) is 0.757. The molecular formula is C5H10ClNO3. The van der Waals surface area contributed by atoms with Crippen molar-refractivity contribution in [1.29, 1.82) is 0 Å². The number of hydrogen-bond acceptors (Lipinski definition) is 3. The van der Waals surface area contributed by atoms with Crippen molar-refractivity contribution in [3.8, 4) is 0 Å². The van der Waals surface area contributed by atoms with Gasteiger partial charge in [0.1, 0.15) is 5.41 Å². The van der Waals surface area contributed by atoms with Crippen molar-refractivity contribution in [2.75, 3.05) is 19.7 Å². The molecule has 4 nitrogen and oxygen atoms in total. The van der Waals surface area contributed by atoms with Gasteiger partial charge in [0.05, 0.1) is 6.61 Å². The SMILES string of the molecule is Cl.O=C(O)C1(CO)CNC1. The lowest BCUT2D eigenvalue weighted by Crippen LogP contribution is -2.60. The van der Waals surface area contributed by atoms with E-state index in [2.05, 4.69) is 5.32 Å². The monoisotopic (exact) mass is 167 g/mol. The fraction of sp³-hybridized carbons (Fsp3) is 0.800. The van der Waals surface area contributed by atoms with Crippen LogP contribution < -0.4 is 5.32 Å². The van der Waals surface area contributed by atoms with Crippen LogP contribution in [-0.4, -0.2) is 35.9 Å². The normalized spacial score (nSPS) is 20.5. The Hall–Kier alpha value is -0.320. The first-order valence-electron chi connectivity index (χ1n) is 2.76. The van der Waals surface area contributed by atoms with Crippen molar-refractivity contribution in [2.45, 2.75) is 0 Å². The highest BCUT2D eigenvalue weighted by Gasteiger charge is 2.43. The molecule has 0 bridgehead atoms. The highest BCUT2D eigenvalue weighted by Crippen LogP contribution is 2.20. The Morgan fingerprint density at radius 2 is 2.10 bits per heavy atom. The molecule has 0 unspecified atom stereocenters. The Balaban J connectivity index is 0.000000810. The Kier molecular flexibility index (Phi) is 3.08. The topological polar surface area (TPSA) is 69.6 Å². The van der Waals surface area contributed by atoms with Gasteiger partial charge in [-0.05, 0) is 0 Å². The molecular weight excluding hydrogens is 158 g/mol. The van der Waals surface area contributed by atoms with Gasteiger partial charge in [-0.2, -0.15) is 0 Å². The molecule has 1 aliphatic heterocycles. The second-order valence-corrected chi connectivity index (χ2v) is 2.35. The maximum atomic E-state index is 10.3. The van der Waals surface area contributed by atoms with Crippen molar-refractivity contribution >= 4 is 18.4 Å². The zero-order chi connectivity index (χ0) is 6.91. The number of carboxylic acids is 1. The number of hydrogen-bond donors (Lipinski definition) is 3. The summed E-state index contributed by atoms with van der Waals surface area (Å²) >= 11 is 0. The fourth-order valence-corrected chi connectivity index (χ4v) is 0.757. The smallest absolute Gasteiger partial charge is 0.314 e. The van der Waals surface area contributed by atoms with Gasteiger partial charge in [-0.1, -0.05) is 0 Å². The number of aliphatic carboxylic acids is 1. The summed E-state index contributed by atoms with van der Waals surface area (Å²) in [6, 6.07) is 0. The average molecular weight is 168 g/mol. The average Bonchev–Trinajstić information content (AvgIpc) is 1.62. The second kappa shape index (κ2) is 3.18. The van der Waals surface area contributed by atoms with E-state index in [1.54, 1.807) is 0 Å². The first-order chi connectivity index (χ1) is 4.21. The van der Waals surface area contributed by atoms with Crippen LogP contribution in [0.15, 0.2) is 0 Å². The van der Waals surface area contributed by atoms with Gasteiger partial charge in [-0.15, -0.1) is 12.4 Å². The summed E-state index contributed by atoms with van der Waals surface area (Å²) in [4.78, 5) is 10.3. The molecule has 1 heterocycles. The predicted molar refractivity (Wildman–Crippen MR) is 37.3 cm³/mol. The molecule has 1 fully saturated rings. The van der Waals surface area contributed by atoms with Gasteiger partial charge in [-0.25, -0.2) is 0 Å². The summed E-state index contributed by atoms with van der Waals surface area (Å²) in [6.45, 7) is 0.507. The minimum absolute atomic E-state index is 0. The summed E-state index contributed by atoms with van der Waals surface area (Å²) in [5, 5.41) is 19.9. The van der Waals surface area contributed by atoms with E-state index >= 15 is 0 Å². The number of halogens is 1. The molecule has 1 rings (SSSR count). The number of aliphatic hydroxyl groups excluding tert-OH is 1. The molecule has 0 saturated carbocycles. The molecule has 0 spiro atoms. The highest BCUT2D eigenvalue weighted by atomic mass is 35.5. The second-order valence-electron chi connectivity index (χ2n) is 2.35. The van der Waals surface area contributed by atoms with Crippen LogP contribution in [0.5, 0.6) is 0 Å². The molecule has 0 aromatic carbocycles. The number of carbonyl (C=O) groups is 1. The maximum Gasteiger partial charge on any atom is 0.314 e. The van der Waals surface area contributed by atoms with E-state index in [-0.39, 0.29) is 19.0 Å². The Morgan fingerprint density at radius 1 is 1.60 bits per heavy atom. The minimum Gasteiger partial charge on any atom is -0.481 e. The van der Waals surface area contributed by atoms with E-state index in [1.807, 2.05) is 0 Å². The number of carboxylic acid groups (broad SMARTS) is 1. The van der Waals surface area contributed by atoms with Crippen LogP contribution in [0.3, 0.4) is 0 Å². The standard InChI is InChI=1S/C5H9NO3.ClH/c7-3-5(4(8)9)1-6-2-5;/h6-7H,1-3H2,(H,8,9);1H. The van der Waals surface area contributed by atoms with Gasteiger partial charge in [0.2, 0.25) is 0 Å². The molecule has 10 heavy (non-hydrogen) atoms. The minimum atomic E-state index is -0.913. The molecule has 0 aliphatic carbocycles. The van der Waals surface area contributed by atoms with Crippen LogP contribution >= 0.6 is 12.4 Å². The number of nitrogens with one attached hydrogen (secondary N) is 1. The van der Waals surface area contributed by atoms with E-state index in [9.17, 15) is 4.79 Å². The van der Waals surface area contributed by atoms with Gasteiger partial charge >= 0.3 is 5.97 Å². The van der Waals surface area contributed by atoms with Crippen molar-refractivity contribution < 1.29 is 15.0 Å². The molecule has 0 atom stereocenters. The zero-order valence-electron chi connectivity index (χ0n) is 5.33. The summed E-state index contributed by atoms with van der Waals surface area (Å²) in [7, 11) is 0. The largest absolute Gasteiger partial charge is 0.481 e. The van der Waals surface area contributed by atoms with Gasteiger partial charge in [0, 0.05) is 13.1 Å². The summed E-state index contributed by atoms with van der Waals surface area (Å²) in [6.07, 6.45) is 0. The number of rotatable bonds is 2. The molecule has 0 radical (unpaired) electrons. The van der Waals surface area contributed by atoms with Gasteiger partial charge in [-0.3, -0.25) is 4.79 Å². The van der Waals surface area contributed by atoms with Gasteiger partial charge in [0.15, 0.2) is 0 Å². The quantitative estimate of drug-likeness (QED) is 0.497. The summed E-state index contributed by atoms with van der Waals surface area (Å²) in [5.41, 5.74) is -0.875. The predicted octanol–water partition coefficient (Wildman–Crippen LogP) is -0.925. The van der Waals surface area contributed by atoms with Crippen molar-refractivity contribution in [2.24, 2.45) is 5.41 Å². The third kappa shape index (κ3) is 1.23.